The van der Waals surface area contributed by atoms with Gasteiger partial charge in [-0.2, -0.15) is 0 Å². The Balaban J connectivity index is 2.14. The first-order chi connectivity index (χ1) is 7.65. The van der Waals surface area contributed by atoms with Crippen molar-refractivity contribution in [3.63, 3.8) is 0 Å². The van der Waals surface area contributed by atoms with Gasteiger partial charge in [0.15, 0.2) is 0 Å². The summed E-state index contributed by atoms with van der Waals surface area (Å²) in [6.07, 6.45) is 1.93. The number of thiazole rings is 1. The fraction of sp³-hybridized carbons (Fsp3) is 0.250. The van der Waals surface area contributed by atoms with Gasteiger partial charge in [-0.25, -0.2) is 4.98 Å². The first-order valence-electron chi connectivity index (χ1n) is 5.06. The highest BCUT2D eigenvalue weighted by Gasteiger charge is 2.07. The lowest BCUT2D eigenvalue weighted by Crippen LogP contribution is -1.85. The fourth-order valence-electron chi connectivity index (χ4n) is 1.44. The van der Waals surface area contributed by atoms with Crippen LogP contribution in [0.4, 0.5) is 0 Å². The molecule has 2 rings (SSSR count). The molecule has 0 fully saturated rings. The van der Waals surface area contributed by atoms with Crippen molar-refractivity contribution in [3.8, 4) is 5.75 Å². The smallest absolute Gasteiger partial charge is 0.115 e. The number of benzene rings is 1. The first-order valence-corrected chi connectivity index (χ1v) is 5.87. The summed E-state index contributed by atoms with van der Waals surface area (Å²) < 4.78 is 0. The molecule has 2 N–H and O–H groups in total. The normalized spacial score (nSPS) is 12.6. The Morgan fingerprint density at radius 2 is 2.25 bits per heavy atom. The second-order valence-corrected chi connectivity index (χ2v) is 4.83. The predicted octanol–water partition coefficient (Wildman–Crippen LogP) is 2.49. The third-order valence-electron chi connectivity index (χ3n) is 2.25. The Bertz CT molecular complexity index is 479. The number of rotatable bonds is 3. The Hall–Kier alpha value is -1.39. The molecular formula is C12H13NO2S. The van der Waals surface area contributed by atoms with E-state index in [0.717, 1.165) is 15.4 Å². The molecule has 1 atom stereocenters. The maximum Gasteiger partial charge on any atom is 0.115 e. The van der Waals surface area contributed by atoms with Crippen LogP contribution in [0.5, 0.6) is 5.75 Å². The minimum Gasteiger partial charge on any atom is -0.508 e. The molecular weight excluding hydrogens is 222 g/mol. The predicted molar refractivity (Wildman–Crippen MR) is 63.7 cm³/mol. The molecule has 84 valence electrons. The Labute approximate surface area is 98.0 Å². The summed E-state index contributed by atoms with van der Waals surface area (Å²) in [5.41, 5.74) is 1.02. The van der Waals surface area contributed by atoms with Crippen LogP contribution in [0.1, 0.15) is 28.5 Å². The Morgan fingerprint density at radius 3 is 2.88 bits per heavy atom. The molecule has 2 aromatic rings. The number of phenols is 1. The monoisotopic (exact) mass is 235 g/mol. The van der Waals surface area contributed by atoms with Crippen LogP contribution in [0, 0.1) is 0 Å². The third kappa shape index (κ3) is 2.59. The van der Waals surface area contributed by atoms with Crippen LogP contribution >= 0.6 is 11.3 Å². The maximum atomic E-state index is 9.38. The van der Waals surface area contributed by atoms with Crippen LogP contribution in [-0.2, 0) is 6.42 Å². The molecule has 1 heterocycles. The van der Waals surface area contributed by atoms with Gasteiger partial charge >= 0.3 is 0 Å². The summed E-state index contributed by atoms with van der Waals surface area (Å²) in [5.74, 6) is 0.268. The molecule has 1 aromatic carbocycles. The third-order valence-corrected chi connectivity index (χ3v) is 3.42. The minimum atomic E-state index is -0.463. The molecule has 0 aliphatic rings. The van der Waals surface area contributed by atoms with E-state index in [0.29, 0.717) is 6.42 Å². The molecule has 0 bridgehead atoms. The number of nitrogens with zero attached hydrogens (tertiary/aromatic N) is 1. The lowest BCUT2D eigenvalue weighted by molar-refractivity contribution is 0.203. The summed E-state index contributed by atoms with van der Waals surface area (Å²) in [5, 5.41) is 19.7. The van der Waals surface area contributed by atoms with E-state index in [1.54, 1.807) is 25.3 Å². The van der Waals surface area contributed by atoms with Gasteiger partial charge in [0, 0.05) is 12.6 Å². The zero-order valence-corrected chi connectivity index (χ0v) is 9.74. The lowest BCUT2D eigenvalue weighted by atomic mass is 10.1. The van der Waals surface area contributed by atoms with E-state index in [1.165, 1.54) is 11.3 Å². The van der Waals surface area contributed by atoms with E-state index in [-0.39, 0.29) is 5.75 Å². The maximum absolute atomic E-state index is 9.38. The van der Waals surface area contributed by atoms with Crippen molar-refractivity contribution >= 4 is 11.3 Å². The second-order valence-electron chi connectivity index (χ2n) is 3.68. The van der Waals surface area contributed by atoms with Crippen LogP contribution in [0.15, 0.2) is 30.5 Å². The summed E-state index contributed by atoms with van der Waals surface area (Å²) >= 11 is 1.50. The van der Waals surface area contributed by atoms with Gasteiger partial charge in [-0.15, -0.1) is 11.3 Å². The van der Waals surface area contributed by atoms with Gasteiger partial charge in [0.1, 0.15) is 5.75 Å². The van der Waals surface area contributed by atoms with Crippen molar-refractivity contribution in [2.24, 2.45) is 0 Å². The van der Waals surface area contributed by atoms with Crippen molar-refractivity contribution in [2.45, 2.75) is 19.4 Å². The van der Waals surface area contributed by atoms with E-state index >= 15 is 0 Å². The number of aromatic hydroxyl groups is 1. The molecule has 0 aliphatic carbocycles. The summed E-state index contributed by atoms with van der Waals surface area (Å²) in [7, 11) is 0. The van der Waals surface area contributed by atoms with E-state index in [2.05, 4.69) is 4.98 Å². The molecule has 0 amide bonds. The van der Waals surface area contributed by atoms with Gasteiger partial charge in [0.25, 0.3) is 0 Å². The van der Waals surface area contributed by atoms with E-state index in [9.17, 15) is 10.2 Å². The van der Waals surface area contributed by atoms with Gasteiger partial charge in [0.2, 0.25) is 0 Å². The summed E-state index contributed by atoms with van der Waals surface area (Å²) in [4.78, 5) is 5.11. The van der Waals surface area contributed by atoms with Crippen molar-refractivity contribution in [1.82, 2.24) is 4.98 Å². The molecule has 0 aliphatic heterocycles. The molecule has 1 unspecified atom stereocenters. The van der Waals surface area contributed by atoms with Crippen molar-refractivity contribution in [2.75, 3.05) is 0 Å². The van der Waals surface area contributed by atoms with Crippen molar-refractivity contribution in [1.29, 1.82) is 0 Å². The number of hydrogen-bond donors (Lipinski definition) is 2. The standard InChI is InChI=1S/C12H13NO2S/c1-8(14)11-7-13-12(16-11)6-9-3-2-4-10(15)5-9/h2-5,7-8,14-15H,6H2,1H3. The van der Waals surface area contributed by atoms with Crippen LogP contribution in [0.2, 0.25) is 0 Å². The molecule has 4 heteroatoms. The average molecular weight is 235 g/mol. The van der Waals surface area contributed by atoms with E-state index in [4.69, 9.17) is 0 Å². The molecule has 1 aromatic heterocycles. The van der Waals surface area contributed by atoms with Crippen LogP contribution in [0.3, 0.4) is 0 Å². The summed E-state index contributed by atoms with van der Waals surface area (Å²) in [6, 6.07) is 7.13. The molecule has 0 saturated carbocycles. The minimum absolute atomic E-state index is 0.268. The van der Waals surface area contributed by atoms with Crippen LogP contribution < -0.4 is 0 Å². The Kier molecular flexibility index (Phi) is 3.22. The SMILES string of the molecule is CC(O)c1cnc(Cc2cccc(O)c2)s1. The number of aliphatic hydroxyl groups is 1. The molecule has 0 radical (unpaired) electrons. The number of aromatic nitrogens is 1. The quantitative estimate of drug-likeness (QED) is 0.859. The highest BCUT2D eigenvalue weighted by Crippen LogP contribution is 2.23. The Morgan fingerprint density at radius 1 is 1.44 bits per heavy atom. The van der Waals surface area contributed by atoms with Gasteiger partial charge in [-0.3, -0.25) is 0 Å². The van der Waals surface area contributed by atoms with Gasteiger partial charge < -0.3 is 10.2 Å². The topological polar surface area (TPSA) is 53.4 Å². The zero-order valence-electron chi connectivity index (χ0n) is 8.92. The zero-order chi connectivity index (χ0) is 11.5. The highest BCUT2D eigenvalue weighted by atomic mass is 32.1. The van der Waals surface area contributed by atoms with Crippen molar-refractivity contribution in [3.05, 3.63) is 45.9 Å². The number of phenolic OH excluding ortho intramolecular Hbond substituents is 1. The second kappa shape index (κ2) is 4.63. The first kappa shape index (κ1) is 11.1. The summed E-state index contributed by atoms with van der Waals surface area (Å²) in [6.45, 7) is 1.73. The number of hydrogen-bond acceptors (Lipinski definition) is 4. The average Bonchev–Trinajstić information content (AvgIpc) is 2.66. The van der Waals surface area contributed by atoms with Crippen molar-refractivity contribution < 1.29 is 10.2 Å². The molecule has 16 heavy (non-hydrogen) atoms. The molecule has 3 nitrogen and oxygen atoms in total. The lowest BCUT2D eigenvalue weighted by Gasteiger charge is -1.99. The fourth-order valence-corrected chi connectivity index (χ4v) is 2.33. The molecule has 0 spiro atoms. The van der Waals surface area contributed by atoms with Gasteiger partial charge in [-0.1, -0.05) is 12.1 Å². The van der Waals surface area contributed by atoms with Gasteiger partial charge in [-0.05, 0) is 24.6 Å². The highest BCUT2D eigenvalue weighted by molar-refractivity contribution is 7.11. The van der Waals surface area contributed by atoms with E-state index < -0.39 is 6.10 Å². The van der Waals surface area contributed by atoms with Crippen LogP contribution in [-0.4, -0.2) is 15.2 Å². The number of aliphatic hydroxyl groups excluding tert-OH is 1. The van der Waals surface area contributed by atoms with Crippen LogP contribution in [0.25, 0.3) is 0 Å². The molecule has 0 saturated heterocycles. The van der Waals surface area contributed by atoms with Gasteiger partial charge in [0.05, 0.1) is 16.0 Å². The largest absolute Gasteiger partial charge is 0.508 e. The van der Waals surface area contributed by atoms with E-state index in [1.807, 2.05) is 12.1 Å².